The largest absolute Gasteiger partial charge is 0.507 e. The summed E-state index contributed by atoms with van der Waals surface area (Å²) >= 11 is 14.1. The van der Waals surface area contributed by atoms with Crippen molar-refractivity contribution in [3.8, 4) is 57.1 Å². The summed E-state index contributed by atoms with van der Waals surface area (Å²) in [5.41, 5.74) is 7.12. The number of fused-ring (bicyclic) bond motifs is 15. The molecule has 21 N–H and O–H groups in total. The van der Waals surface area contributed by atoms with E-state index in [0.717, 1.165) is 54.6 Å². The Labute approximate surface area is 589 Å². The number of carbonyl (C=O) groups excluding carboxylic acids is 7. The number of carboxylic acid groups (broad SMARTS) is 1. The highest BCUT2D eigenvalue weighted by Gasteiger charge is 2.51. The fraction of sp³-hybridized carbons (Fsp3) is 0.433. The van der Waals surface area contributed by atoms with E-state index in [1.165, 1.54) is 33.0 Å². The highest BCUT2D eigenvalue weighted by molar-refractivity contribution is 6.32. The summed E-state index contributed by atoms with van der Waals surface area (Å²) in [4.78, 5) is 117. The molecule has 548 valence electrons. The number of halogens is 3. The van der Waals surface area contributed by atoms with Gasteiger partial charge in [-0.3, -0.25) is 33.6 Å². The fourth-order valence-electron chi connectivity index (χ4n) is 13.0. The lowest BCUT2D eigenvalue weighted by Crippen LogP contribution is -2.63. The summed E-state index contributed by atoms with van der Waals surface area (Å²) in [5.74, 6) is -20.4. The van der Waals surface area contributed by atoms with Gasteiger partial charge in [-0.25, -0.2) is 4.79 Å². The van der Waals surface area contributed by atoms with E-state index in [1.807, 2.05) is 13.8 Å². The van der Waals surface area contributed by atoms with Crippen molar-refractivity contribution < 1.29 is 117 Å². The Morgan fingerprint density at radius 2 is 1.34 bits per heavy atom. The number of hydrogen-bond donors (Lipinski definition) is 19. The highest BCUT2D eigenvalue weighted by Crippen LogP contribution is 2.50. The number of aliphatic carboxylic acids is 1. The number of likely N-dealkylation sites (N-methyl/N-ethyl adjacent to an activating group) is 1. The van der Waals surface area contributed by atoms with E-state index < -0.39 is 242 Å². The third kappa shape index (κ3) is 15.6. The smallest absolute Gasteiger partial charge is 0.330 e. The standard InChI is InChI=1S/C67H76Cl2FN9O23/c1-23(2)12-34(73-5)60(90)78-50-52(84)26-7-10-38(32(68)14-26)99-40-16-28-17-41(57(40)101-42-18-29(22-80)54(86)56(88)58(42)102-44-21-67(4,72)59(89)24(3)98-44)100-39-11-8-27(15-33(39)69)53(85)51-65(95)77-49(66(96)97)31-19-37(82)46(70)55(87)45(31)30-13-25(6-9-36(30)81)47(62(92)79-51)76-63(93)48(28)75-61(91)35(20-43(71)83)74-64(50)94/h6-11,13-17,19,23-24,29,34-35,42,44,47-54,56,58-59,73,80-82,84-89H,12,18,20-22,72H2,1-5H3,(H2,71,83)(H,74,94)(H,75,91)(H,76,93)(H,77,95)(H,78,90)(H,79,92)(H,96,97)/t24-,29+,34-,35+,42?,44-,47-,48-,49-,50?,51+,52-,53-,54-,56+,58-,59-,67+/m1/s1. The first-order chi connectivity index (χ1) is 48.1. The van der Waals surface area contributed by atoms with E-state index >= 15 is 18.8 Å². The quantitative estimate of drug-likeness (QED) is 0.0779. The number of benzene rings is 5. The van der Waals surface area contributed by atoms with E-state index in [-0.39, 0.29) is 52.8 Å². The van der Waals surface area contributed by atoms with Crippen LogP contribution in [0.2, 0.25) is 10.0 Å². The molecule has 12 rings (SSSR count). The molecule has 0 spiro atoms. The summed E-state index contributed by atoms with van der Waals surface area (Å²) in [7, 11) is 1.47. The molecule has 102 heavy (non-hydrogen) atoms. The zero-order valence-electron chi connectivity index (χ0n) is 54.9. The van der Waals surface area contributed by atoms with Crippen molar-refractivity contribution in [2.45, 2.75) is 156 Å². The maximum absolute atomic E-state index is 16.0. The molecule has 0 radical (unpaired) electrons. The second-order valence-corrected chi connectivity index (χ2v) is 27.1. The average molecular weight is 1470 g/mol. The first-order valence-corrected chi connectivity index (χ1v) is 32.8. The highest BCUT2D eigenvalue weighted by atomic mass is 35.5. The SMILES string of the molecule is CN[C@H](CC(C)C)C(=O)NC1C(=O)N[C@@H](CC(N)=O)C(=O)N[C@H]2C(=O)N[C@H]3C(=O)N[C@H](C(=O)N[C@@H](C(=O)O)c4cc(O)c(F)c(O)c4-c4cc3ccc4O)[C@H](O)c3ccc(c(Cl)c3)Oc3cc2cc(c3OC2C[C@@H](CO)[C@@H](O)[C@H](O)[C@@H]2O[C@@H]2C[C@](C)(N)[C@H](O)[C@@H](C)O2)Oc2ccc(cc2Cl)[C@H]1O. The van der Waals surface area contributed by atoms with Gasteiger partial charge in [0.15, 0.2) is 35.3 Å². The number of nitrogens with two attached hydrogens (primary N) is 2. The van der Waals surface area contributed by atoms with E-state index in [0.29, 0.717) is 6.07 Å². The molecule has 2 fully saturated rings. The van der Waals surface area contributed by atoms with E-state index in [9.17, 15) is 75.0 Å². The zero-order chi connectivity index (χ0) is 74.4. The molecule has 1 saturated heterocycles. The van der Waals surface area contributed by atoms with Crippen molar-refractivity contribution in [1.29, 1.82) is 0 Å². The molecule has 18 atom stereocenters. The molecule has 32 nitrogen and oxygen atoms in total. The van der Waals surface area contributed by atoms with Crippen LogP contribution in [0.3, 0.4) is 0 Å². The third-order valence-electron chi connectivity index (χ3n) is 18.4. The van der Waals surface area contributed by atoms with Crippen LogP contribution in [0, 0.1) is 17.7 Å². The van der Waals surface area contributed by atoms with Gasteiger partial charge in [0, 0.05) is 41.2 Å². The van der Waals surface area contributed by atoms with Crippen LogP contribution >= 0.6 is 23.2 Å². The maximum Gasteiger partial charge on any atom is 0.330 e. The minimum atomic E-state index is -2.41. The number of aromatic hydroxyl groups is 3. The molecule has 11 bridgehead atoms. The Hall–Kier alpha value is -9.23. The van der Waals surface area contributed by atoms with Crippen LogP contribution in [0.25, 0.3) is 11.1 Å². The number of aliphatic hydroxyl groups is 6. The summed E-state index contributed by atoms with van der Waals surface area (Å²) in [6.07, 6.45) is -16.2. The molecule has 5 aromatic carbocycles. The van der Waals surface area contributed by atoms with Crippen LogP contribution in [-0.4, -0.2) is 185 Å². The van der Waals surface area contributed by atoms with E-state index in [1.54, 1.807) is 0 Å². The predicted octanol–water partition coefficient (Wildman–Crippen LogP) is 0.909. The molecular formula is C67H76Cl2FN9O23. The number of carbonyl (C=O) groups is 8. The topological polar surface area (TPSA) is 521 Å². The number of amides is 7. The monoisotopic (exact) mass is 1460 g/mol. The van der Waals surface area contributed by atoms with Gasteiger partial charge in [0.1, 0.15) is 78.0 Å². The molecule has 35 heteroatoms. The van der Waals surface area contributed by atoms with Crippen LogP contribution in [0.4, 0.5) is 4.39 Å². The lowest BCUT2D eigenvalue weighted by atomic mass is 9.80. The Bertz CT molecular complexity index is 4140. The Kier molecular flexibility index (Phi) is 22.5. The molecule has 5 aromatic rings. The second-order valence-electron chi connectivity index (χ2n) is 26.3. The molecule has 2 unspecified atom stereocenters. The lowest BCUT2D eigenvalue weighted by molar-refractivity contribution is -0.286. The molecule has 6 aliphatic heterocycles. The first-order valence-electron chi connectivity index (χ1n) is 32.1. The van der Waals surface area contributed by atoms with Crippen LogP contribution in [0.5, 0.6) is 46.0 Å². The van der Waals surface area contributed by atoms with Crippen molar-refractivity contribution >= 4 is 70.5 Å². The van der Waals surface area contributed by atoms with E-state index in [2.05, 4.69) is 37.2 Å². The second kappa shape index (κ2) is 30.4. The number of hydrogen-bond acceptors (Lipinski definition) is 24. The van der Waals surface area contributed by atoms with Gasteiger partial charge >= 0.3 is 5.97 Å². The molecule has 1 aliphatic carbocycles. The van der Waals surface area contributed by atoms with Crippen molar-refractivity contribution in [1.82, 2.24) is 37.2 Å². The number of rotatable bonds is 13. The normalized spacial score (nSPS) is 29.3. The summed E-state index contributed by atoms with van der Waals surface area (Å²) in [6.45, 7) is 5.90. The number of ether oxygens (including phenoxy) is 5. The zero-order valence-corrected chi connectivity index (χ0v) is 56.4. The number of phenolic OH excluding ortho intramolecular Hbond substituents is 3. The molecule has 7 aliphatic rings. The Balaban J connectivity index is 1.24. The Morgan fingerprint density at radius 3 is 1.92 bits per heavy atom. The van der Waals surface area contributed by atoms with Gasteiger partial charge in [-0.1, -0.05) is 55.2 Å². The number of nitrogens with one attached hydrogen (secondary N) is 7. The van der Waals surface area contributed by atoms with Crippen molar-refractivity contribution in [2.75, 3.05) is 13.7 Å². The number of aliphatic hydroxyl groups excluding tert-OH is 6. The lowest BCUT2D eigenvalue weighted by Gasteiger charge is -2.47. The van der Waals surface area contributed by atoms with E-state index in [4.69, 9.17) is 58.4 Å². The predicted molar refractivity (Wildman–Crippen MR) is 352 cm³/mol. The van der Waals surface area contributed by atoms with Gasteiger partial charge in [0.2, 0.25) is 52.9 Å². The fourth-order valence-corrected chi connectivity index (χ4v) is 13.4. The molecular weight excluding hydrogens is 1390 g/mol. The summed E-state index contributed by atoms with van der Waals surface area (Å²) in [6, 6.07) is -2.42. The minimum absolute atomic E-state index is 0.104. The number of phenols is 3. The molecule has 6 heterocycles. The summed E-state index contributed by atoms with van der Waals surface area (Å²) in [5, 5.41) is 130. The first kappa shape index (κ1) is 75.4. The number of carboxylic acids is 1. The minimum Gasteiger partial charge on any atom is -0.507 e. The third-order valence-corrected chi connectivity index (χ3v) is 19.0. The molecule has 0 aromatic heterocycles. The van der Waals surface area contributed by atoms with Gasteiger partial charge in [-0.05, 0) is 117 Å². The van der Waals surface area contributed by atoms with Crippen LogP contribution in [0.1, 0.15) is 112 Å². The van der Waals surface area contributed by atoms with Gasteiger partial charge < -0.3 is 123 Å². The molecule has 1 saturated carbocycles. The summed E-state index contributed by atoms with van der Waals surface area (Å²) < 4.78 is 48.4. The maximum atomic E-state index is 16.0. The van der Waals surface area contributed by atoms with Crippen molar-refractivity contribution in [3.63, 3.8) is 0 Å². The van der Waals surface area contributed by atoms with Gasteiger partial charge in [0.25, 0.3) is 0 Å². The number of primary amides is 1. The van der Waals surface area contributed by atoms with Crippen molar-refractivity contribution in [3.05, 3.63) is 116 Å². The van der Waals surface area contributed by atoms with Crippen LogP contribution < -0.4 is 62.9 Å². The van der Waals surface area contributed by atoms with Crippen molar-refractivity contribution in [2.24, 2.45) is 23.3 Å². The molecule has 7 amide bonds. The Morgan fingerprint density at radius 1 is 0.745 bits per heavy atom. The van der Waals surface area contributed by atoms with Gasteiger partial charge in [-0.15, -0.1) is 0 Å². The van der Waals surface area contributed by atoms with Gasteiger partial charge in [0.05, 0.1) is 40.8 Å². The van der Waals surface area contributed by atoms with Crippen LogP contribution in [-0.2, 0) is 47.8 Å². The average Bonchev–Trinajstić information content (AvgIpc) is 0.762. The van der Waals surface area contributed by atoms with Crippen LogP contribution in [0.15, 0.2) is 72.8 Å². The van der Waals surface area contributed by atoms with Gasteiger partial charge in [-0.2, -0.15) is 4.39 Å².